The standard InChI is InChI=1S/C68H118NO8P/c1-6-8-10-12-14-16-18-20-22-24-25-26-27-28-29-30-31-32-33-34-35-36-37-38-39-40-41-42-43-45-47-49-51-53-55-57-59-61-68(71)77-66(65-76-78(72,73)75-63-62-69(3,4)5)64-74-67(70)60-58-56-54-52-50-48-46-44-23-21-19-17-15-13-11-9-7-2/h8-11,14-17,20-23,25-26,28-29,46,48,66H,6-7,12-13,18-19,24,27,30-45,47,49-65H2,1-5H3/p+1/b10-8-,11-9-,16-14-,17-15-,22-20-,23-21-,26-25-,29-28-,48-46-. The molecule has 0 heterocycles. The first-order valence-electron chi connectivity index (χ1n) is 31.6. The molecule has 1 N–H and O–H groups in total. The van der Waals surface area contributed by atoms with E-state index in [0.717, 1.165) is 96.3 Å². The molecule has 9 nitrogen and oxygen atoms in total. The first kappa shape index (κ1) is 74.7. The van der Waals surface area contributed by atoms with E-state index in [9.17, 15) is 19.0 Å². The molecule has 2 unspecified atom stereocenters. The maximum Gasteiger partial charge on any atom is 0.472 e. The van der Waals surface area contributed by atoms with Gasteiger partial charge in [-0.15, -0.1) is 0 Å². The summed E-state index contributed by atoms with van der Waals surface area (Å²) in [5.41, 5.74) is 0. The van der Waals surface area contributed by atoms with E-state index in [2.05, 4.69) is 123 Å². The predicted molar refractivity (Wildman–Crippen MR) is 335 cm³/mol. The highest BCUT2D eigenvalue weighted by Gasteiger charge is 2.27. The summed E-state index contributed by atoms with van der Waals surface area (Å²) in [6, 6.07) is 0. The smallest absolute Gasteiger partial charge is 0.462 e. The molecule has 0 aliphatic carbocycles. The first-order valence-corrected chi connectivity index (χ1v) is 33.1. The van der Waals surface area contributed by atoms with E-state index < -0.39 is 26.5 Å². The maximum atomic E-state index is 12.8. The summed E-state index contributed by atoms with van der Waals surface area (Å²) >= 11 is 0. The van der Waals surface area contributed by atoms with Gasteiger partial charge in [0.15, 0.2) is 6.10 Å². The van der Waals surface area contributed by atoms with Crippen molar-refractivity contribution in [3.8, 4) is 0 Å². The van der Waals surface area contributed by atoms with Crippen LogP contribution >= 0.6 is 7.82 Å². The van der Waals surface area contributed by atoms with Crippen LogP contribution < -0.4 is 0 Å². The first-order chi connectivity index (χ1) is 38.0. The summed E-state index contributed by atoms with van der Waals surface area (Å²) in [5, 5.41) is 0. The summed E-state index contributed by atoms with van der Waals surface area (Å²) in [6.07, 6.45) is 81.9. The van der Waals surface area contributed by atoms with Gasteiger partial charge in [0.1, 0.15) is 19.8 Å². The van der Waals surface area contributed by atoms with Crippen molar-refractivity contribution in [1.29, 1.82) is 0 Å². The van der Waals surface area contributed by atoms with Crippen molar-refractivity contribution in [2.45, 2.75) is 264 Å². The van der Waals surface area contributed by atoms with Gasteiger partial charge in [-0.2, -0.15) is 0 Å². The zero-order chi connectivity index (χ0) is 57.0. The third-order valence-electron chi connectivity index (χ3n) is 13.3. The minimum Gasteiger partial charge on any atom is -0.462 e. The van der Waals surface area contributed by atoms with Crippen LogP contribution in [-0.2, 0) is 32.7 Å². The number of hydrogen-bond donors (Lipinski definition) is 1. The molecule has 2 atom stereocenters. The number of phosphoric ester groups is 1. The lowest BCUT2D eigenvalue weighted by Crippen LogP contribution is -2.37. The van der Waals surface area contributed by atoms with Crippen molar-refractivity contribution in [1.82, 2.24) is 0 Å². The molecule has 10 heteroatoms. The number of nitrogens with zero attached hydrogens (tertiary/aromatic N) is 1. The second-order valence-electron chi connectivity index (χ2n) is 22.0. The molecular weight excluding hydrogens is 990 g/mol. The largest absolute Gasteiger partial charge is 0.472 e. The van der Waals surface area contributed by atoms with Crippen LogP contribution in [0.25, 0.3) is 0 Å². The summed E-state index contributed by atoms with van der Waals surface area (Å²) in [6.45, 7) is 4.18. The fraction of sp³-hybridized carbons (Fsp3) is 0.706. The molecule has 0 aliphatic heterocycles. The van der Waals surface area contributed by atoms with Gasteiger partial charge >= 0.3 is 19.8 Å². The summed E-state index contributed by atoms with van der Waals surface area (Å²) < 4.78 is 34.6. The number of quaternary nitrogens is 1. The number of allylic oxidation sites excluding steroid dienone is 18. The minimum atomic E-state index is -4.40. The molecule has 0 saturated carbocycles. The summed E-state index contributed by atoms with van der Waals surface area (Å²) in [7, 11) is 1.46. The Labute approximate surface area is 480 Å². The predicted octanol–water partition coefficient (Wildman–Crippen LogP) is 20.2. The fourth-order valence-electron chi connectivity index (χ4n) is 8.51. The lowest BCUT2D eigenvalue weighted by molar-refractivity contribution is -0.870. The molecule has 0 spiro atoms. The Kier molecular flexibility index (Phi) is 55.8. The molecule has 0 fully saturated rings. The summed E-state index contributed by atoms with van der Waals surface area (Å²) in [4.78, 5) is 35.7. The van der Waals surface area contributed by atoms with E-state index >= 15 is 0 Å². The number of rotatable bonds is 57. The molecule has 0 amide bonds. The Morgan fingerprint density at radius 2 is 0.692 bits per heavy atom. The highest BCUT2D eigenvalue weighted by Crippen LogP contribution is 2.43. The van der Waals surface area contributed by atoms with Crippen LogP contribution in [0, 0.1) is 0 Å². The van der Waals surface area contributed by atoms with Crippen LogP contribution in [0.4, 0.5) is 0 Å². The number of hydrogen-bond acceptors (Lipinski definition) is 7. The third-order valence-corrected chi connectivity index (χ3v) is 14.3. The van der Waals surface area contributed by atoms with Gasteiger partial charge < -0.3 is 18.9 Å². The number of unbranched alkanes of at least 4 members (excludes halogenated alkanes) is 25. The van der Waals surface area contributed by atoms with E-state index in [0.29, 0.717) is 23.9 Å². The van der Waals surface area contributed by atoms with E-state index in [-0.39, 0.29) is 32.0 Å². The van der Waals surface area contributed by atoms with Crippen molar-refractivity contribution >= 4 is 19.8 Å². The minimum absolute atomic E-state index is 0.0242. The van der Waals surface area contributed by atoms with Gasteiger partial charge in [-0.3, -0.25) is 18.6 Å². The zero-order valence-corrected chi connectivity index (χ0v) is 51.8. The number of likely N-dealkylation sites (N-methyl/N-ethyl adjacent to an activating group) is 1. The number of phosphoric acid groups is 1. The Hall–Kier alpha value is -3.33. The van der Waals surface area contributed by atoms with Crippen molar-refractivity contribution in [3.63, 3.8) is 0 Å². The number of ether oxygens (including phenoxy) is 2. The van der Waals surface area contributed by atoms with Crippen LogP contribution in [0.5, 0.6) is 0 Å². The SMILES string of the molecule is CC/C=C\C/C=C\C/C=C\C/C=C\C/C=C\CCCCCCCCCCCCCCCCCCCCCCCC(=O)OC(COC(=O)CCCCCC/C=C\C/C=C\C/C=C\C/C=C\CC)COP(=O)(O)OCC[N+](C)(C)C. The molecule has 0 aromatic carbocycles. The number of carbonyl (C=O) groups excluding carboxylic acids is 2. The van der Waals surface area contributed by atoms with Gasteiger partial charge in [-0.25, -0.2) is 4.57 Å². The third kappa shape index (κ3) is 61.9. The Bertz CT molecular complexity index is 1680. The summed E-state index contributed by atoms with van der Waals surface area (Å²) in [5.74, 6) is -0.823. The van der Waals surface area contributed by atoms with Crippen molar-refractivity contribution in [2.24, 2.45) is 0 Å². The van der Waals surface area contributed by atoms with Crippen LogP contribution in [0.3, 0.4) is 0 Å². The quantitative estimate of drug-likeness (QED) is 0.0211. The maximum absolute atomic E-state index is 12.8. The molecule has 78 heavy (non-hydrogen) atoms. The van der Waals surface area contributed by atoms with Gasteiger partial charge in [0, 0.05) is 12.8 Å². The molecule has 0 saturated heterocycles. The van der Waals surface area contributed by atoms with Gasteiger partial charge in [-0.1, -0.05) is 258 Å². The molecule has 0 aliphatic rings. The van der Waals surface area contributed by atoms with Gasteiger partial charge in [0.25, 0.3) is 0 Å². The monoisotopic (exact) mass is 1110 g/mol. The molecule has 0 aromatic heterocycles. The molecule has 0 rings (SSSR count). The second kappa shape index (κ2) is 58.3. The normalized spacial score (nSPS) is 14.0. The van der Waals surface area contributed by atoms with Gasteiger partial charge in [-0.05, 0) is 96.3 Å². The second-order valence-corrected chi connectivity index (χ2v) is 23.5. The Morgan fingerprint density at radius 1 is 0.397 bits per heavy atom. The highest BCUT2D eigenvalue weighted by molar-refractivity contribution is 7.47. The van der Waals surface area contributed by atoms with Crippen LogP contribution in [-0.4, -0.2) is 74.9 Å². The Balaban J connectivity index is 4.01. The lowest BCUT2D eigenvalue weighted by atomic mass is 10.0. The lowest BCUT2D eigenvalue weighted by Gasteiger charge is -2.24. The van der Waals surface area contributed by atoms with Crippen LogP contribution in [0.2, 0.25) is 0 Å². The van der Waals surface area contributed by atoms with Crippen molar-refractivity contribution < 1.29 is 42.1 Å². The van der Waals surface area contributed by atoms with Crippen molar-refractivity contribution in [3.05, 3.63) is 109 Å². The average molecular weight is 1110 g/mol. The fourth-order valence-corrected chi connectivity index (χ4v) is 9.25. The van der Waals surface area contributed by atoms with Crippen LogP contribution in [0.15, 0.2) is 109 Å². The average Bonchev–Trinajstić information content (AvgIpc) is 3.41. The molecular formula is C68H119NO8P+. The van der Waals surface area contributed by atoms with E-state index in [4.69, 9.17) is 18.5 Å². The topological polar surface area (TPSA) is 108 Å². The zero-order valence-electron chi connectivity index (χ0n) is 50.9. The van der Waals surface area contributed by atoms with E-state index in [1.807, 2.05) is 21.1 Å². The molecule has 448 valence electrons. The number of esters is 2. The van der Waals surface area contributed by atoms with E-state index in [1.165, 1.54) is 122 Å². The molecule has 0 aromatic rings. The number of carbonyl (C=O) groups is 2. The Morgan fingerprint density at radius 3 is 1.03 bits per heavy atom. The van der Waals surface area contributed by atoms with E-state index in [1.54, 1.807) is 0 Å². The molecule has 0 radical (unpaired) electrons. The van der Waals surface area contributed by atoms with Gasteiger partial charge in [0.2, 0.25) is 0 Å². The molecule has 0 bridgehead atoms. The van der Waals surface area contributed by atoms with Crippen LogP contribution in [0.1, 0.15) is 258 Å². The van der Waals surface area contributed by atoms with Crippen molar-refractivity contribution in [2.75, 3.05) is 47.5 Å². The highest BCUT2D eigenvalue weighted by atomic mass is 31.2. The van der Waals surface area contributed by atoms with Gasteiger partial charge in [0.05, 0.1) is 27.7 Å².